The van der Waals surface area contributed by atoms with Gasteiger partial charge >= 0.3 is 0 Å². The fourth-order valence-corrected chi connectivity index (χ4v) is 2.69. The molecule has 0 aliphatic rings. The molecule has 3 rings (SSSR count). The molecule has 0 aliphatic carbocycles. The molecule has 0 saturated carbocycles. The third kappa shape index (κ3) is 2.97. The van der Waals surface area contributed by atoms with Crippen molar-refractivity contribution in [2.75, 3.05) is 5.73 Å². The molecular formula is C16H14BrN3O. The third-order valence-electron chi connectivity index (χ3n) is 3.24. The summed E-state index contributed by atoms with van der Waals surface area (Å²) in [7, 11) is 0. The molecule has 0 atom stereocenters. The zero-order valence-corrected chi connectivity index (χ0v) is 13.1. The van der Waals surface area contributed by atoms with Crippen molar-refractivity contribution in [2.45, 2.75) is 13.3 Å². The molecule has 0 amide bonds. The van der Waals surface area contributed by atoms with Gasteiger partial charge < -0.3 is 10.3 Å². The SMILES string of the molecule is Cc1cccc(N)c1-c1nc(Cc2cccc(Br)c2)no1. The summed E-state index contributed by atoms with van der Waals surface area (Å²) in [4.78, 5) is 4.45. The van der Waals surface area contributed by atoms with E-state index in [0.29, 0.717) is 23.8 Å². The highest BCUT2D eigenvalue weighted by molar-refractivity contribution is 9.10. The van der Waals surface area contributed by atoms with Gasteiger partial charge in [0.1, 0.15) is 0 Å². The van der Waals surface area contributed by atoms with E-state index in [4.69, 9.17) is 10.3 Å². The Kier molecular flexibility index (Phi) is 3.75. The number of aromatic nitrogens is 2. The van der Waals surface area contributed by atoms with E-state index in [2.05, 4.69) is 26.1 Å². The molecule has 4 nitrogen and oxygen atoms in total. The lowest BCUT2D eigenvalue weighted by atomic mass is 10.1. The van der Waals surface area contributed by atoms with Gasteiger partial charge in [-0.3, -0.25) is 0 Å². The van der Waals surface area contributed by atoms with E-state index in [9.17, 15) is 0 Å². The first kappa shape index (κ1) is 13.8. The maximum absolute atomic E-state index is 6.00. The number of hydrogen-bond donors (Lipinski definition) is 1. The first-order valence-corrected chi connectivity index (χ1v) is 7.35. The molecule has 106 valence electrons. The summed E-state index contributed by atoms with van der Waals surface area (Å²) >= 11 is 3.46. The number of benzene rings is 2. The summed E-state index contributed by atoms with van der Waals surface area (Å²) in [5, 5.41) is 4.04. The van der Waals surface area contributed by atoms with Crippen LogP contribution in [0.15, 0.2) is 51.5 Å². The first-order valence-electron chi connectivity index (χ1n) is 6.56. The normalized spacial score (nSPS) is 10.8. The molecule has 0 radical (unpaired) electrons. The van der Waals surface area contributed by atoms with Crippen LogP contribution in [0.3, 0.4) is 0 Å². The molecule has 21 heavy (non-hydrogen) atoms. The standard InChI is InChI=1S/C16H14BrN3O/c1-10-4-2-7-13(18)15(10)16-19-14(20-21-16)9-11-5-3-6-12(17)8-11/h2-8H,9,18H2,1H3. The lowest BCUT2D eigenvalue weighted by Gasteiger charge is -2.03. The van der Waals surface area contributed by atoms with E-state index in [-0.39, 0.29) is 0 Å². The van der Waals surface area contributed by atoms with Crippen molar-refractivity contribution in [3.8, 4) is 11.5 Å². The van der Waals surface area contributed by atoms with Gasteiger partial charge in [0.25, 0.3) is 5.89 Å². The Morgan fingerprint density at radius 2 is 2.00 bits per heavy atom. The number of aryl methyl sites for hydroxylation is 1. The molecule has 0 unspecified atom stereocenters. The van der Waals surface area contributed by atoms with Crippen LogP contribution in [0.2, 0.25) is 0 Å². The molecule has 2 N–H and O–H groups in total. The van der Waals surface area contributed by atoms with E-state index in [1.807, 2.05) is 49.4 Å². The maximum atomic E-state index is 6.00. The highest BCUT2D eigenvalue weighted by Crippen LogP contribution is 2.28. The Morgan fingerprint density at radius 1 is 1.19 bits per heavy atom. The highest BCUT2D eigenvalue weighted by Gasteiger charge is 2.14. The maximum Gasteiger partial charge on any atom is 0.260 e. The average Bonchev–Trinajstić information content (AvgIpc) is 2.87. The molecule has 0 spiro atoms. The van der Waals surface area contributed by atoms with Gasteiger partial charge in [-0.1, -0.05) is 45.4 Å². The number of nitrogen functional groups attached to an aromatic ring is 1. The predicted molar refractivity (Wildman–Crippen MR) is 85.8 cm³/mol. The lowest BCUT2D eigenvalue weighted by molar-refractivity contribution is 0.424. The molecule has 0 aliphatic heterocycles. The van der Waals surface area contributed by atoms with Crippen molar-refractivity contribution in [1.29, 1.82) is 0 Å². The fraction of sp³-hybridized carbons (Fsp3) is 0.125. The highest BCUT2D eigenvalue weighted by atomic mass is 79.9. The van der Waals surface area contributed by atoms with Crippen molar-refractivity contribution in [1.82, 2.24) is 10.1 Å². The van der Waals surface area contributed by atoms with Crippen molar-refractivity contribution in [2.24, 2.45) is 0 Å². The van der Waals surface area contributed by atoms with E-state index < -0.39 is 0 Å². The molecule has 5 heteroatoms. The minimum absolute atomic E-state index is 0.468. The molecule has 0 fully saturated rings. The van der Waals surface area contributed by atoms with Gasteiger partial charge in [0.05, 0.1) is 5.56 Å². The number of rotatable bonds is 3. The fourth-order valence-electron chi connectivity index (χ4n) is 2.24. The molecule has 2 aromatic carbocycles. The van der Waals surface area contributed by atoms with Crippen LogP contribution in [0, 0.1) is 6.92 Å². The number of hydrogen-bond acceptors (Lipinski definition) is 4. The Labute approximate surface area is 131 Å². The third-order valence-corrected chi connectivity index (χ3v) is 3.73. The lowest BCUT2D eigenvalue weighted by Crippen LogP contribution is -1.94. The van der Waals surface area contributed by atoms with Gasteiger partial charge in [-0.15, -0.1) is 0 Å². The van der Waals surface area contributed by atoms with Gasteiger partial charge in [-0.05, 0) is 36.2 Å². The van der Waals surface area contributed by atoms with Gasteiger partial charge in [-0.25, -0.2) is 0 Å². The van der Waals surface area contributed by atoms with Crippen molar-refractivity contribution >= 4 is 21.6 Å². The van der Waals surface area contributed by atoms with Crippen LogP contribution in [0.4, 0.5) is 5.69 Å². The molecule has 1 heterocycles. The van der Waals surface area contributed by atoms with E-state index >= 15 is 0 Å². The van der Waals surface area contributed by atoms with E-state index in [1.54, 1.807) is 0 Å². The van der Waals surface area contributed by atoms with Crippen LogP contribution >= 0.6 is 15.9 Å². The van der Waals surface area contributed by atoms with Crippen molar-refractivity contribution < 1.29 is 4.52 Å². The summed E-state index contributed by atoms with van der Waals surface area (Å²) < 4.78 is 6.40. The van der Waals surface area contributed by atoms with Crippen LogP contribution < -0.4 is 5.73 Å². The molecule has 3 aromatic rings. The Balaban J connectivity index is 1.90. The second-order valence-electron chi connectivity index (χ2n) is 4.86. The second kappa shape index (κ2) is 5.69. The summed E-state index contributed by atoms with van der Waals surface area (Å²) in [5.74, 6) is 1.11. The number of halogens is 1. The van der Waals surface area contributed by atoms with Gasteiger partial charge in [0, 0.05) is 16.6 Å². The topological polar surface area (TPSA) is 64.9 Å². The first-order chi connectivity index (χ1) is 10.1. The van der Waals surface area contributed by atoms with Crippen molar-refractivity contribution in [3.05, 3.63) is 63.9 Å². The van der Waals surface area contributed by atoms with E-state index in [0.717, 1.165) is 21.2 Å². The zero-order valence-electron chi connectivity index (χ0n) is 11.5. The summed E-state index contributed by atoms with van der Waals surface area (Å²) in [6.45, 7) is 1.98. The minimum Gasteiger partial charge on any atom is -0.398 e. The van der Waals surface area contributed by atoms with Gasteiger partial charge in [-0.2, -0.15) is 4.98 Å². The van der Waals surface area contributed by atoms with Crippen LogP contribution in [0.5, 0.6) is 0 Å². The monoisotopic (exact) mass is 343 g/mol. The summed E-state index contributed by atoms with van der Waals surface area (Å²) in [6, 6.07) is 13.8. The smallest absolute Gasteiger partial charge is 0.260 e. The van der Waals surface area contributed by atoms with E-state index in [1.165, 1.54) is 0 Å². The summed E-state index contributed by atoms with van der Waals surface area (Å²) in [6.07, 6.45) is 0.620. The molecule has 1 aromatic heterocycles. The summed E-state index contributed by atoms with van der Waals surface area (Å²) in [5.41, 5.74) is 9.60. The number of nitrogens with two attached hydrogens (primary N) is 1. The Morgan fingerprint density at radius 3 is 2.76 bits per heavy atom. The van der Waals surface area contributed by atoms with Crippen LogP contribution in [-0.2, 0) is 6.42 Å². The Hall–Kier alpha value is -2.14. The molecule has 0 bridgehead atoms. The molecule has 0 saturated heterocycles. The zero-order chi connectivity index (χ0) is 14.8. The van der Waals surface area contributed by atoms with Gasteiger partial charge in [0.15, 0.2) is 5.82 Å². The Bertz CT molecular complexity index is 762. The van der Waals surface area contributed by atoms with Crippen LogP contribution in [0.1, 0.15) is 17.0 Å². The number of anilines is 1. The predicted octanol–water partition coefficient (Wildman–Crippen LogP) is 3.98. The molecular weight excluding hydrogens is 330 g/mol. The van der Waals surface area contributed by atoms with Gasteiger partial charge in [0.2, 0.25) is 0 Å². The second-order valence-corrected chi connectivity index (χ2v) is 5.78. The quantitative estimate of drug-likeness (QED) is 0.730. The largest absolute Gasteiger partial charge is 0.398 e. The number of nitrogens with zero attached hydrogens (tertiary/aromatic N) is 2. The average molecular weight is 344 g/mol. The van der Waals surface area contributed by atoms with Crippen LogP contribution in [0.25, 0.3) is 11.5 Å². The van der Waals surface area contributed by atoms with Crippen LogP contribution in [-0.4, -0.2) is 10.1 Å². The van der Waals surface area contributed by atoms with Crippen molar-refractivity contribution in [3.63, 3.8) is 0 Å². The minimum atomic E-state index is 0.468.